The maximum absolute atomic E-state index is 12.8. The largest absolute Gasteiger partial charge is 0.449 e. The zero-order chi connectivity index (χ0) is 19.5. The van der Waals surface area contributed by atoms with E-state index in [-0.39, 0.29) is 10.6 Å². The third-order valence-corrected chi connectivity index (χ3v) is 4.63. The lowest BCUT2D eigenvalue weighted by atomic mass is 10.2. The van der Waals surface area contributed by atoms with Gasteiger partial charge in [0.15, 0.2) is 6.10 Å². The normalized spacial score (nSPS) is 12.3. The van der Waals surface area contributed by atoms with Crippen molar-refractivity contribution in [2.75, 3.05) is 5.32 Å². The molecule has 2 aromatic rings. The first kappa shape index (κ1) is 19.8. The fraction of sp³-hybridized carbons (Fsp3) is 0.125. The molecule has 7 nitrogen and oxygen atoms in total. The van der Waals surface area contributed by atoms with Gasteiger partial charge in [0.2, 0.25) is 10.0 Å². The van der Waals surface area contributed by atoms with Crippen LogP contribution in [0.5, 0.6) is 0 Å². The van der Waals surface area contributed by atoms with Crippen LogP contribution in [0.25, 0.3) is 0 Å². The van der Waals surface area contributed by atoms with E-state index >= 15 is 0 Å². The van der Waals surface area contributed by atoms with E-state index in [4.69, 9.17) is 21.5 Å². The van der Waals surface area contributed by atoms with Crippen LogP contribution in [0.1, 0.15) is 17.3 Å². The molecule has 0 spiro atoms. The minimum absolute atomic E-state index is 0.139. The predicted molar refractivity (Wildman–Crippen MR) is 92.7 cm³/mol. The lowest BCUT2D eigenvalue weighted by Gasteiger charge is -2.14. The minimum Gasteiger partial charge on any atom is -0.449 e. The molecule has 0 saturated heterocycles. The van der Waals surface area contributed by atoms with Gasteiger partial charge in [-0.25, -0.2) is 22.7 Å². The van der Waals surface area contributed by atoms with Gasteiger partial charge in [-0.05, 0) is 49.4 Å². The SMILES string of the molecule is C[C@@H](OC(=O)c1ccc(Cl)c(S(N)(=O)=O)c1)C(=O)Nc1ccc(F)cc1. The molecule has 1 amide bonds. The topological polar surface area (TPSA) is 116 Å². The highest BCUT2D eigenvalue weighted by molar-refractivity contribution is 7.89. The molecule has 0 fully saturated rings. The Morgan fingerprint density at radius 3 is 2.38 bits per heavy atom. The summed E-state index contributed by atoms with van der Waals surface area (Å²) in [6, 6.07) is 8.40. The van der Waals surface area contributed by atoms with Gasteiger partial charge in [-0.3, -0.25) is 4.79 Å². The molecule has 138 valence electrons. The number of carbonyl (C=O) groups excluding carboxylic acids is 2. The van der Waals surface area contributed by atoms with E-state index < -0.39 is 38.7 Å². The molecule has 0 heterocycles. The molecule has 0 bridgehead atoms. The van der Waals surface area contributed by atoms with Crippen molar-refractivity contribution in [3.63, 3.8) is 0 Å². The highest BCUT2D eigenvalue weighted by Gasteiger charge is 2.21. The van der Waals surface area contributed by atoms with Crippen molar-refractivity contribution in [2.45, 2.75) is 17.9 Å². The Labute approximate surface area is 154 Å². The molecule has 3 N–H and O–H groups in total. The fourth-order valence-electron chi connectivity index (χ4n) is 1.91. The summed E-state index contributed by atoms with van der Waals surface area (Å²) >= 11 is 5.74. The van der Waals surface area contributed by atoms with Crippen molar-refractivity contribution in [1.29, 1.82) is 0 Å². The lowest BCUT2D eigenvalue weighted by Crippen LogP contribution is -2.30. The number of hydrogen-bond acceptors (Lipinski definition) is 5. The number of ether oxygens (including phenoxy) is 1. The average Bonchev–Trinajstić information content (AvgIpc) is 2.56. The van der Waals surface area contributed by atoms with Crippen molar-refractivity contribution in [1.82, 2.24) is 0 Å². The van der Waals surface area contributed by atoms with Crippen LogP contribution in [0.3, 0.4) is 0 Å². The number of nitrogens with two attached hydrogens (primary N) is 1. The standard InChI is InChI=1S/C16H14ClFN2O5S/c1-9(15(21)20-12-5-3-11(18)4-6-12)25-16(22)10-2-7-13(17)14(8-10)26(19,23)24/h2-9H,1H3,(H,20,21)(H2,19,23,24)/t9-/m1/s1. The first-order chi connectivity index (χ1) is 12.1. The van der Waals surface area contributed by atoms with Gasteiger partial charge >= 0.3 is 5.97 Å². The number of amides is 1. The number of rotatable bonds is 5. The molecule has 0 radical (unpaired) electrons. The third kappa shape index (κ3) is 5.01. The first-order valence-electron chi connectivity index (χ1n) is 7.17. The Bertz CT molecular complexity index is 948. The van der Waals surface area contributed by atoms with E-state index in [1.54, 1.807) is 0 Å². The summed E-state index contributed by atoms with van der Waals surface area (Å²) in [6.45, 7) is 1.33. The molecular formula is C16H14ClFN2O5S. The van der Waals surface area contributed by atoms with Crippen LogP contribution < -0.4 is 10.5 Å². The van der Waals surface area contributed by atoms with Crippen molar-refractivity contribution in [3.05, 3.63) is 58.9 Å². The quantitative estimate of drug-likeness (QED) is 0.747. The summed E-state index contributed by atoms with van der Waals surface area (Å²) in [4.78, 5) is 23.7. The van der Waals surface area contributed by atoms with Crippen LogP contribution in [0.4, 0.5) is 10.1 Å². The van der Waals surface area contributed by atoms with Gasteiger partial charge in [0, 0.05) is 5.69 Å². The zero-order valence-corrected chi connectivity index (χ0v) is 15.0. The molecule has 0 aromatic heterocycles. The van der Waals surface area contributed by atoms with Crippen molar-refractivity contribution in [2.24, 2.45) is 5.14 Å². The number of esters is 1. The van der Waals surface area contributed by atoms with Gasteiger partial charge in [-0.15, -0.1) is 0 Å². The Hall–Kier alpha value is -2.49. The first-order valence-corrected chi connectivity index (χ1v) is 9.10. The summed E-state index contributed by atoms with van der Waals surface area (Å²) in [5.74, 6) is -2.05. The van der Waals surface area contributed by atoms with Crippen molar-refractivity contribution < 1.29 is 27.1 Å². The fourth-order valence-corrected chi connectivity index (χ4v) is 2.98. The average molecular weight is 401 g/mol. The number of carbonyl (C=O) groups is 2. The second-order valence-corrected chi connectivity index (χ2v) is 7.17. The number of nitrogens with one attached hydrogen (secondary N) is 1. The number of halogens is 2. The molecular weight excluding hydrogens is 387 g/mol. The van der Waals surface area contributed by atoms with E-state index in [0.717, 1.165) is 18.2 Å². The number of primary sulfonamides is 1. The van der Waals surface area contributed by atoms with Crippen molar-refractivity contribution >= 4 is 39.2 Å². The molecule has 0 saturated carbocycles. The highest BCUT2D eigenvalue weighted by Crippen LogP contribution is 2.22. The van der Waals surface area contributed by atoms with Gasteiger partial charge in [0.1, 0.15) is 10.7 Å². The van der Waals surface area contributed by atoms with Crippen LogP contribution in [-0.2, 0) is 19.6 Å². The molecule has 2 rings (SSSR count). The molecule has 0 aliphatic heterocycles. The summed E-state index contributed by atoms with van der Waals surface area (Å²) < 4.78 is 40.7. The summed E-state index contributed by atoms with van der Waals surface area (Å²) in [5, 5.41) is 7.32. The summed E-state index contributed by atoms with van der Waals surface area (Å²) in [5.41, 5.74) is 0.183. The van der Waals surface area contributed by atoms with E-state index in [9.17, 15) is 22.4 Å². The smallest absolute Gasteiger partial charge is 0.338 e. The molecule has 0 unspecified atom stereocenters. The Balaban J connectivity index is 2.09. The molecule has 0 aliphatic carbocycles. The Morgan fingerprint density at radius 2 is 1.81 bits per heavy atom. The van der Waals surface area contributed by atoms with Crippen LogP contribution in [0.15, 0.2) is 47.4 Å². The minimum atomic E-state index is -4.13. The van der Waals surface area contributed by atoms with Gasteiger partial charge < -0.3 is 10.1 Å². The van der Waals surface area contributed by atoms with Crippen molar-refractivity contribution in [3.8, 4) is 0 Å². The number of benzene rings is 2. The second-order valence-electron chi connectivity index (χ2n) is 5.23. The van der Waals surface area contributed by atoms with Gasteiger partial charge in [-0.2, -0.15) is 0 Å². The van der Waals surface area contributed by atoms with Gasteiger partial charge in [0.25, 0.3) is 5.91 Å². The van der Waals surface area contributed by atoms with Crippen LogP contribution >= 0.6 is 11.6 Å². The number of anilines is 1. The predicted octanol–water partition coefficient (Wildman–Crippen LogP) is 2.31. The third-order valence-electron chi connectivity index (χ3n) is 3.24. The monoisotopic (exact) mass is 400 g/mol. The number of sulfonamides is 1. The molecule has 1 atom stereocenters. The molecule has 2 aromatic carbocycles. The van der Waals surface area contributed by atoms with E-state index in [1.165, 1.54) is 31.2 Å². The van der Waals surface area contributed by atoms with Crippen LogP contribution in [-0.4, -0.2) is 26.4 Å². The maximum Gasteiger partial charge on any atom is 0.338 e. The molecule has 10 heteroatoms. The summed E-state index contributed by atoms with van der Waals surface area (Å²) in [6.07, 6.45) is -1.19. The second kappa shape index (κ2) is 7.81. The molecule has 0 aliphatic rings. The van der Waals surface area contributed by atoms with E-state index in [0.29, 0.717) is 5.69 Å². The Kier molecular flexibility index (Phi) is 5.96. The highest BCUT2D eigenvalue weighted by atomic mass is 35.5. The van der Waals surface area contributed by atoms with Crippen LogP contribution in [0, 0.1) is 5.82 Å². The zero-order valence-electron chi connectivity index (χ0n) is 13.4. The lowest BCUT2D eigenvalue weighted by molar-refractivity contribution is -0.123. The van der Waals surface area contributed by atoms with Crippen LogP contribution in [0.2, 0.25) is 5.02 Å². The molecule has 26 heavy (non-hydrogen) atoms. The number of hydrogen-bond donors (Lipinski definition) is 2. The Morgan fingerprint density at radius 1 is 1.19 bits per heavy atom. The van der Waals surface area contributed by atoms with E-state index in [2.05, 4.69) is 5.32 Å². The van der Waals surface area contributed by atoms with Gasteiger partial charge in [-0.1, -0.05) is 11.6 Å². The van der Waals surface area contributed by atoms with Gasteiger partial charge in [0.05, 0.1) is 10.6 Å². The summed E-state index contributed by atoms with van der Waals surface area (Å²) in [7, 11) is -4.13. The van der Waals surface area contributed by atoms with E-state index in [1.807, 2.05) is 0 Å². The maximum atomic E-state index is 12.8.